The fourth-order valence-corrected chi connectivity index (χ4v) is 3.16. The van der Waals surface area contributed by atoms with E-state index in [-0.39, 0.29) is 24.0 Å². The van der Waals surface area contributed by atoms with E-state index in [9.17, 15) is 0 Å². The van der Waals surface area contributed by atoms with Gasteiger partial charge in [-0.1, -0.05) is 19.8 Å². The van der Waals surface area contributed by atoms with Crippen molar-refractivity contribution >= 4 is 29.9 Å². The smallest absolute Gasteiger partial charge is 0.191 e. The minimum absolute atomic E-state index is 0. The molecule has 1 aliphatic carbocycles. The Balaban J connectivity index is 0.00000484. The number of guanidine groups is 1. The highest BCUT2D eigenvalue weighted by molar-refractivity contribution is 14.0. The number of halogens is 1. The van der Waals surface area contributed by atoms with Crippen molar-refractivity contribution in [2.45, 2.75) is 39.0 Å². The van der Waals surface area contributed by atoms with Gasteiger partial charge in [0.1, 0.15) is 0 Å². The van der Waals surface area contributed by atoms with Crippen LogP contribution in [0.3, 0.4) is 0 Å². The third-order valence-electron chi connectivity index (χ3n) is 4.50. The first kappa shape index (κ1) is 22.9. The quantitative estimate of drug-likeness (QED) is 0.251. The first-order valence-corrected chi connectivity index (χ1v) is 8.77. The summed E-state index contributed by atoms with van der Waals surface area (Å²) < 4.78 is 5.08. The largest absolute Gasteiger partial charge is 0.385 e. The molecule has 5 nitrogen and oxygen atoms in total. The van der Waals surface area contributed by atoms with Crippen LogP contribution in [0, 0.1) is 11.8 Å². The molecule has 0 spiro atoms. The fourth-order valence-electron chi connectivity index (χ4n) is 3.16. The third-order valence-corrected chi connectivity index (χ3v) is 4.50. The molecule has 0 radical (unpaired) electrons. The van der Waals surface area contributed by atoms with Gasteiger partial charge < -0.3 is 20.3 Å². The van der Waals surface area contributed by atoms with Crippen LogP contribution < -0.4 is 10.6 Å². The average Bonchev–Trinajstić information content (AvgIpc) is 2.51. The van der Waals surface area contributed by atoms with E-state index >= 15 is 0 Å². The van der Waals surface area contributed by atoms with Gasteiger partial charge >= 0.3 is 0 Å². The Bertz CT molecular complexity index is 315. The summed E-state index contributed by atoms with van der Waals surface area (Å²) in [6.45, 7) is 7.27. The predicted octanol–water partition coefficient (Wildman–Crippen LogP) is 2.56. The lowest BCUT2D eigenvalue weighted by molar-refractivity contribution is 0.180. The molecule has 0 aromatic rings. The monoisotopic (exact) mass is 440 g/mol. The zero-order chi connectivity index (χ0) is 16.2. The summed E-state index contributed by atoms with van der Waals surface area (Å²) >= 11 is 0. The summed E-state index contributed by atoms with van der Waals surface area (Å²) in [6, 6.07) is 0. The third kappa shape index (κ3) is 11.2. The molecule has 2 N–H and O–H groups in total. The molecule has 0 aromatic heterocycles. The molecule has 138 valence electrons. The van der Waals surface area contributed by atoms with E-state index in [1.807, 2.05) is 7.05 Å². The van der Waals surface area contributed by atoms with Crippen LogP contribution in [0.15, 0.2) is 4.99 Å². The molecule has 0 aliphatic heterocycles. The SMILES string of the molecule is CN=C(NCCN(C)CCCOC)NCC1CCCC(C)C1.I. The number of hydrogen-bond donors (Lipinski definition) is 2. The predicted molar refractivity (Wildman–Crippen MR) is 110 cm³/mol. The molecule has 2 unspecified atom stereocenters. The number of methoxy groups -OCH3 is 1. The summed E-state index contributed by atoms with van der Waals surface area (Å²) in [5, 5.41) is 6.89. The molecule has 0 aromatic carbocycles. The van der Waals surface area contributed by atoms with Gasteiger partial charge in [0.25, 0.3) is 0 Å². The van der Waals surface area contributed by atoms with Gasteiger partial charge in [-0.25, -0.2) is 0 Å². The zero-order valence-corrected chi connectivity index (χ0v) is 17.8. The molecule has 1 saturated carbocycles. The van der Waals surface area contributed by atoms with Crippen LogP contribution >= 0.6 is 24.0 Å². The summed E-state index contributed by atoms with van der Waals surface area (Å²) in [6.07, 6.45) is 6.58. The average molecular weight is 440 g/mol. The van der Waals surface area contributed by atoms with Crippen LogP contribution in [0.25, 0.3) is 0 Å². The normalized spacial score (nSPS) is 21.9. The van der Waals surface area contributed by atoms with E-state index in [0.29, 0.717) is 0 Å². The minimum atomic E-state index is 0. The minimum Gasteiger partial charge on any atom is -0.385 e. The molecular weight excluding hydrogens is 403 g/mol. The lowest BCUT2D eigenvalue weighted by Crippen LogP contribution is -2.43. The van der Waals surface area contributed by atoms with Gasteiger partial charge in [-0.05, 0) is 38.1 Å². The Hall–Kier alpha value is -0.0800. The van der Waals surface area contributed by atoms with Gasteiger partial charge in [-0.2, -0.15) is 0 Å². The van der Waals surface area contributed by atoms with Gasteiger partial charge in [0.15, 0.2) is 5.96 Å². The van der Waals surface area contributed by atoms with Crippen LogP contribution in [0.5, 0.6) is 0 Å². The second-order valence-electron chi connectivity index (χ2n) is 6.67. The summed E-state index contributed by atoms with van der Waals surface area (Å²) in [7, 11) is 5.75. The summed E-state index contributed by atoms with van der Waals surface area (Å²) in [4.78, 5) is 6.64. The number of likely N-dealkylation sites (N-methyl/N-ethyl adjacent to an activating group) is 1. The van der Waals surface area contributed by atoms with Crippen molar-refractivity contribution in [1.29, 1.82) is 0 Å². The molecule has 0 amide bonds. The Morgan fingerprint density at radius 2 is 2.04 bits per heavy atom. The summed E-state index contributed by atoms with van der Waals surface area (Å²) in [5.41, 5.74) is 0. The van der Waals surface area contributed by atoms with E-state index < -0.39 is 0 Å². The van der Waals surface area contributed by atoms with Crippen LogP contribution in [-0.4, -0.2) is 64.9 Å². The van der Waals surface area contributed by atoms with Crippen molar-refractivity contribution in [1.82, 2.24) is 15.5 Å². The van der Waals surface area contributed by atoms with E-state index in [1.165, 1.54) is 25.7 Å². The van der Waals surface area contributed by atoms with Crippen LogP contribution in [-0.2, 0) is 4.74 Å². The molecule has 1 rings (SSSR count). The zero-order valence-electron chi connectivity index (χ0n) is 15.4. The molecule has 1 aliphatic rings. The van der Waals surface area contributed by atoms with Crippen molar-refractivity contribution in [2.24, 2.45) is 16.8 Å². The van der Waals surface area contributed by atoms with Crippen molar-refractivity contribution in [3.8, 4) is 0 Å². The first-order chi connectivity index (χ1) is 10.7. The second-order valence-corrected chi connectivity index (χ2v) is 6.67. The van der Waals surface area contributed by atoms with Gasteiger partial charge in [-0.15, -0.1) is 24.0 Å². The number of nitrogens with one attached hydrogen (secondary N) is 2. The number of nitrogens with zero attached hydrogens (tertiary/aromatic N) is 2. The van der Waals surface area contributed by atoms with E-state index in [4.69, 9.17) is 4.74 Å². The number of rotatable bonds is 9. The van der Waals surface area contributed by atoms with Gasteiger partial charge in [0.2, 0.25) is 0 Å². The fraction of sp³-hybridized carbons (Fsp3) is 0.941. The molecular formula is C17H37IN4O. The molecule has 0 heterocycles. The maximum Gasteiger partial charge on any atom is 0.191 e. The molecule has 6 heteroatoms. The Kier molecular flexibility index (Phi) is 14.2. The highest BCUT2D eigenvalue weighted by Crippen LogP contribution is 2.27. The second kappa shape index (κ2) is 14.3. The van der Waals surface area contributed by atoms with Crippen molar-refractivity contribution in [3.05, 3.63) is 0 Å². The first-order valence-electron chi connectivity index (χ1n) is 8.77. The van der Waals surface area contributed by atoms with Crippen LogP contribution in [0.4, 0.5) is 0 Å². The number of ether oxygens (including phenoxy) is 1. The van der Waals surface area contributed by atoms with E-state index in [2.05, 4.69) is 34.5 Å². The highest BCUT2D eigenvalue weighted by Gasteiger charge is 2.18. The Labute approximate surface area is 160 Å². The van der Waals surface area contributed by atoms with Crippen molar-refractivity contribution < 1.29 is 4.74 Å². The highest BCUT2D eigenvalue weighted by atomic mass is 127. The molecule has 23 heavy (non-hydrogen) atoms. The standard InChI is InChI=1S/C17H36N4O.HI/c1-15-7-5-8-16(13-15)14-20-17(18-2)19-9-11-21(3)10-6-12-22-4;/h15-16H,5-14H2,1-4H3,(H2,18,19,20);1H. The van der Waals surface area contributed by atoms with E-state index in [0.717, 1.165) is 57.0 Å². The number of hydrogen-bond acceptors (Lipinski definition) is 3. The number of aliphatic imine (C=N–C) groups is 1. The van der Waals surface area contributed by atoms with Crippen molar-refractivity contribution in [3.63, 3.8) is 0 Å². The van der Waals surface area contributed by atoms with Crippen LogP contribution in [0.1, 0.15) is 39.0 Å². The molecule has 1 fully saturated rings. The maximum atomic E-state index is 5.08. The Morgan fingerprint density at radius 3 is 2.70 bits per heavy atom. The Morgan fingerprint density at radius 1 is 1.26 bits per heavy atom. The molecule has 0 saturated heterocycles. The van der Waals surface area contributed by atoms with E-state index in [1.54, 1.807) is 7.11 Å². The lowest BCUT2D eigenvalue weighted by atomic mass is 9.82. The van der Waals surface area contributed by atoms with Crippen molar-refractivity contribution in [2.75, 3.05) is 54.0 Å². The topological polar surface area (TPSA) is 48.9 Å². The summed E-state index contributed by atoms with van der Waals surface area (Å²) in [5.74, 6) is 2.62. The van der Waals surface area contributed by atoms with Gasteiger partial charge in [0, 0.05) is 46.9 Å². The van der Waals surface area contributed by atoms with Crippen LogP contribution in [0.2, 0.25) is 0 Å². The van der Waals surface area contributed by atoms with Gasteiger partial charge in [0.05, 0.1) is 0 Å². The maximum absolute atomic E-state index is 5.08. The molecule has 2 atom stereocenters. The van der Waals surface area contributed by atoms with Gasteiger partial charge in [-0.3, -0.25) is 4.99 Å². The lowest BCUT2D eigenvalue weighted by Gasteiger charge is -2.27. The molecule has 0 bridgehead atoms.